The zero-order valence-electron chi connectivity index (χ0n) is 9.72. The lowest BCUT2D eigenvalue weighted by molar-refractivity contribution is 0.130. The lowest BCUT2D eigenvalue weighted by atomic mass is 10.3. The summed E-state index contributed by atoms with van der Waals surface area (Å²) >= 11 is 0. The summed E-state index contributed by atoms with van der Waals surface area (Å²) in [7, 11) is 0. The number of ether oxygens (including phenoxy) is 1. The molecule has 1 saturated carbocycles. The zero-order chi connectivity index (χ0) is 11.8. The summed E-state index contributed by atoms with van der Waals surface area (Å²) in [5.41, 5.74) is 0. The normalized spacial score (nSPS) is 19.3. The highest BCUT2D eigenvalue weighted by atomic mass is 16.5. The number of aliphatic imine (C=N–C) groups is 1. The summed E-state index contributed by atoms with van der Waals surface area (Å²) in [5.74, 6) is 0.830. The summed E-state index contributed by atoms with van der Waals surface area (Å²) in [6, 6.07) is 0. The molecule has 1 N–H and O–H groups in total. The van der Waals surface area contributed by atoms with Crippen molar-refractivity contribution in [2.75, 3.05) is 0 Å². The molecule has 0 aromatic rings. The first-order chi connectivity index (χ1) is 7.76. The van der Waals surface area contributed by atoms with Gasteiger partial charge in [0.2, 0.25) is 0 Å². The molecule has 0 unspecified atom stereocenters. The number of aliphatic hydroxyl groups excluding tert-OH is 1. The summed E-state index contributed by atoms with van der Waals surface area (Å²) in [5, 5.41) is 9.43. The SMILES string of the molecule is C=N\C=C/C(=C\C(O)=C\C)OC1CCCC1. The molecule has 1 aliphatic carbocycles. The van der Waals surface area contributed by atoms with E-state index >= 15 is 0 Å². The number of hydrogen-bond donors (Lipinski definition) is 1. The molecule has 0 aliphatic heterocycles. The van der Waals surface area contributed by atoms with E-state index in [4.69, 9.17) is 4.74 Å². The van der Waals surface area contributed by atoms with Crippen molar-refractivity contribution in [1.29, 1.82) is 0 Å². The standard InChI is InChI=1S/C13H19NO2/c1-3-11(15)10-13(8-9-14-2)16-12-6-4-5-7-12/h3,8-10,12,15H,2,4-7H2,1H3/b9-8-,11-3-,13-10+. The molecule has 0 amide bonds. The Morgan fingerprint density at radius 1 is 1.44 bits per heavy atom. The van der Waals surface area contributed by atoms with Crippen LogP contribution in [0.15, 0.2) is 40.9 Å². The van der Waals surface area contributed by atoms with Gasteiger partial charge in [0.1, 0.15) is 11.5 Å². The highest BCUT2D eigenvalue weighted by molar-refractivity contribution is 5.28. The van der Waals surface area contributed by atoms with Gasteiger partial charge in [-0.05, 0) is 51.5 Å². The third-order valence-corrected chi connectivity index (χ3v) is 2.54. The first-order valence-electron chi connectivity index (χ1n) is 5.62. The van der Waals surface area contributed by atoms with Crippen LogP contribution in [0.2, 0.25) is 0 Å². The third kappa shape index (κ3) is 4.34. The van der Waals surface area contributed by atoms with Crippen LogP contribution in [0, 0.1) is 0 Å². The Kier molecular flexibility index (Phi) is 5.40. The molecule has 0 aromatic carbocycles. The quantitative estimate of drug-likeness (QED) is 0.438. The van der Waals surface area contributed by atoms with E-state index in [1.54, 1.807) is 31.4 Å². The van der Waals surface area contributed by atoms with Crippen LogP contribution in [0.5, 0.6) is 0 Å². The Bertz CT molecular complexity index is 310. The van der Waals surface area contributed by atoms with E-state index in [0.29, 0.717) is 5.76 Å². The van der Waals surface area contributed by atoms with Crippen molar-refractivity contribution in [3.05, 3.63) is 35.9 Å². The Balaban J connectivity index is 2.66. The lowest BCUT2D eigenvalue weighted by Crippen LogP contribution is -2.06. The minimum atomic E-state index is 0.196. The maximum Gasteiger partial charge on any atom is 0.124 e. The van der Waals surface area contributed by atoms with Crippen LogP contribution in [0.4, 0.5) is 0 Å². The van der Waals surface area contributed by atoms with Crippen LogP contribution in [-0.4, -0.2) is 17.9 Å². The summed E-state index contributed by atoms with van der Waals surface area (Å²) < 4.78 is 5.77. The van der Waals surface area contributed by atoms with Crippen molar-refractivity contribution in [2.24, 2.45) is 4.99 Å². The number of hydrogen-bond acceptors (Lipinski definition) is 3. The van der Waals surface area contributed by atoms with Crippen LogP contribution >= 0.6 is 0 Å². The van der Waals surface area contributed by atoms with E-state index < -0.39 is 0 Å². The predicted molar refractivity (Wildman–Crippen MR) is 66.5 cm³/mol. The second-order valence-electron chi connectivity index (χ2n) is 3.78. The van der Waals surface area contributed by atoms with E-state index in [-0.39, 0.29) is 11.9 Å². The van der Waals surface area contributed by atoms with Crippen molar-refractivity contribution in [2.45, 2.75) is 38.7 Å². The number of rotatable bonds is 5. The zero-order valence-corrected chi connectivity index (χ0v) is 9.72. The van der Waals surface area contributed by atoms with Crippen molar-refractivity contribution in [1.82, 2.24) is 0 Å². The second-order valence-corrected chi connectivity index (χ2v) is 3.78. The smallest absolute Gasteiger partial charge is 0.124 e. The molecule has 16 heavy (non-hydrogen) atoms. The Hall–Kier alpha value is -1.51. The van der Waals surface area contributed by atoms with Crippen molar-refractivity contribution >= 4 is 6.72 Å². The molecule has 0 heterocycles. The van der Waals surface area contributed by atoms with Gasteiger partial charge in [0.15, 0.2) is 0 Å². The van der Waals surface area contributed by atoms with Gasteiger partial charge < -0.3 is 9.84 Å². The molecule has 0 bridgehead atoms. The summed E-state index contributed by atoms with van der Waals surface area (Å²) in [6.07, 6.45) is 11.4. The number of nitrogens with zero attached hydrogens (tertiary/aromatic N) is 1. The maximum absolute atomic E-state index is 9.43. The van der Waals surface area contributed by atoms with E-state index in [1.165, 1.54) is 12.8 Å². The van der Waals surface area contributed by atoms with Gasteiger partial charge in [-0.2, -0.15) is 0 Å². The highest BCUT2D eigenvalue weighted by Gasteiger charge is 2.16. The molecule has 88 valence electrons. The number of allylic oxidation sites excluding steroid dienone is 3. The predicted octanol–water partition coefficient (Wildman–Crippen LogP) is 3.51. The molecule has 0 saturated heterocycles. The number of aliphatic hydroxyl groups is 1. The topological polar surface area (TPSA) is 41.8 Å². The van der Waals surface area contributed by atoms with E-state index in [2.05, 4.69) is 11.7 Å². The van der Waals surface area contributed by atoms with Crippen LogP contribution in [-0.2, 0) is 4.74 Å². The van der Waals surface area contributed by atoms with Crippen LogP contribution < -0.4 is 0 Å². The fourth-order valence-electron chi connectivity index (χ4n) is 1.68. The molecule has 1 fully saturated rings. The Morgan fingerprint density at radius 3 is 2.69 bits per heavy atom. The molecule has 0 atom stereocenters. The fraction of sp³-hybridized carbons (Fsp3) is 0.462. The fourth-order valence-corrected chi connectivity index (χ4v) is 1.68. The van der Waals surface area contributed by atoms with Gasteiger partial charge in [0, 0.05) is 12.3 Å². The molecule has 0 aromatic heterocycles. The minimum absolute atomic E-state index is 0.196. The Morgan fingerprint density at radius 2 is 2.12 bits per heavy atom. The largest absolute Gasteiger partial charge is 0.508 e. The molecule has 1 rings (SSSR count). The lowest BCUT2D eigenvalue weighted by Gasteiger charge is -2.13. The van der Waals surface area contributed by atoms with Gasteiger partial charge in [0.05, 0.1) is 6.10 Å². The van der Waals surface area contributed by atoms with Crippen molar-refractivity contribution in [3.8, 4) is 0 Å². The molecule has 1 aliphatic rings. The van der Waals surface area contributed by atoms with Crippen LogP contribution in [0.25, 0.3) is 0 Å². The molecular weight excluding hydrogens is 202 g/mol. The van der Waals surface area contributed by atoms with E-state index in [1.807, 2.05) is 0 Å². The average Bonchev–Trinajstić information content (AvgIpc) is 2.78. The molecule has 3 nitrogen and oxygen atoms in total. The Labute approximate surface area is 96.8 Å². The molecular formula is C13H19NO2. The summed E-state index contributed by atoms with van der Waals surface area (Å²) in [6.45, 7) is 5.14. The first-order valence-corrected chi connectivity index (χ1v) is 5.62. The average molecular weight is 221 g/mol. The maximum atomic E-state index is 9.43. The van der Waals surface area contributed by atoms with Crippen molar-refractivity contribution < 1.29 is 9.84 Å². The minimum Gasteiger partial charge on any atom is -0.508 e. The van der Waals surface area contributed by atoms with Crippen LogP contribution in [0.1, 0.15) is 32.6 Å². The van der Waals surface area contributed by atoms with Gasteiger partial charge in [-0.1, -0.05) is 0 Å². The van der Waals surface area contributed by atoms with Gasteiger partial charge in [-0.3, -0.25) is 4.99 Å². The van der Waals surface area contributed by atoms with Gasteiger partial charge in [-0.15, -0.1) is 0 Å². The third-order valence-electron chi connectivity index (χ3n) is 2.54. The van der Waals surface area contributed by atoms with Crippen LogP contribution in [0.3, 0.4) is 0 Å². The molecule has 3 heteroatoms. The molecule has 0 radical (unpaired) electrons. The molecule has 0 spiro atoms. The first kappa shape index (κ1) is 12.6. The van der Waals surface area contributed by atoms with E-state index in [0.717, 1.165) is 12.8 Å². The van der Waals surface area contributed by atoms with Gasteiger partial charge in [-0.25, -0.2) is 0 Å². The highest BCUT2D eigenvalue weighted by Crippen LogP contribution is 2.23. The monoisotopic (exact) mass is 221 g/mol. The second kappa shape index (κ2) is 6.88. The summed E-state index contributed by atoms with van der Waals surface area (Å²) in [4.78, 5) is 3.63. The van der Waals surface area contributed by atoms with Crippen molar-refractivity contribution in [3.63, 3.8) is 0 Å². The van der Waals surface area contributed by atoms with Gasteiger partial charge >= 0.3 is 0 Å². The van der Waals surface area contributed by atoms with E-state index in [9.17, 15) is 5.11 Å². The van der Waals surface area contributed by atoms with Gasteiger partial charge in [0.25, 0.3) is 0 Å².